The van der Waals surface area contributed by atoms with Gasteiger partial charge in [0, 0.05) is 15.8 Å². The van der Waals surface area contributed by atoms with Crippen LogP contribution in [-0.4, -0.2) is 24.7 Å². The van der Waals surface area contributed by atoms with Crippen LogP contribution in [0.2, 0.25) is 0 Å². The molecule has 0 bridgehead atoms. The number of methoxy groups -OCH3 is 1. The molecule has 3 rings (SSSR count). The summed E-state index contributed by atoms with van der Waals surface area (Å²) >= 11 is 1.45. The van der Waals surface area contributed by atoms with Gasteiger partial charge in [-0.3, -0.25) is 4.79 Å². The lowest BCUT2D eigenvalue weighted by Gasteiger charge is -2.22. The molecule has 0 spiro atoms. The Morgan fingerprint density at radius 1 is 1.38 bits per heavy atom. The number of para-hydroxylation sites is 1. The number of fused-ring (bicyclic) bond motifs is 1. The molecule has 1 atom stereocenters. The van der Waals surface area contributed by atoms with Crippen molar-refractivity contribution in [2.45, 2.75) is 19.4 Å². The van der Waals surface area contributed by atoms with Crippen LogP contribution in [0.3, 0.4) is 0 Å². The summed E-state index contributed by atoms with van der Waals surface area (Å²) in [6.07, 6.45) is 0. The number of aliphatic hydroxyl groups is 1. The number of carbonyl (C=O) groups is 1. The van der Waals surface area contributed by atoms with E-state index in [1.165, 1.54) is 11.3 Å². The Kier molecular flexibility index (Phi) is 4.34. The van der Waals surface area contributed by atoms with E-state index in [4.69, 9.17) is 9.15 Å². The molecule has 3 aromatic rings. The van der Waals surface area contributed by atoms with Crippen LogP contribution in [-0.2, 0) is 5.60 Å². The fourth-order valence-electron chi connectivity index (χ4n) is 2.60. The number of amides is 1. The maximum atomic E-state index is 12.5. The van der Waals surface area contributed by atoms with E-state index < -0.39 is 5.60 Å². The van der Waals surface area contributed by atoms with Crippen LogP contribution in [0.1, 0.15) is 27.9 Å². The van der Waals surface area contributed by atoms with Gasteiger partial charge < -0.3 is 19.6 Å². The average Bonchev–Trinajstić information content (AvgIpc) is 3.22. The predicted molar refractivity (Wildman–Crippen MR) is 93.7 cm³/mol. The second-order valence-electron chi connectivity index (χ2n) is 5.83. The van der Waals surface area contributed by atoms with Gasteiger partial charge in [-0.15, -0.1) is 11.3 Å². The number of benzene rings is 1. The molecular formula is C18H19NO4S. The zero-order chi connectivity index (χ0) is 17.3. The minimum Gasteiger partial charge on any atom is -0.493 e. The van der Waals surface area contributed by atoms with Crippen molar-refractivity contribution >= 4 is 28.2 Å². The van der Waals surface area contributed by atoms with Crippen LogP contribution >= 0.6 is 11.3 Å². The number of carbonyl (C=O) groups excluding carboxylic acids is 1. The average molecular weight is 345 g/mol. The summed E-state index contributed by atoms with van der Waals surface area (Å²) < 4.78 is 11.0. The number of hydrogen-bond donors (Lipinski definition) is 2. The van der Waals surface area contributed by atoms with Crippen LogP contribution in [0.25, 0.3) is 11.0 Å². The number of rotatable bonds is 5. The van der Waals surface area contributed by atoms with E-state index in [-0.39, 0.29) is 18.2 Å². The maximum Gasteiger partial charge on any atom is 0.287 e. The van der Waals surface area contributed by atoms with Gasteiger partial charge >= 0.3 is 0 Å². The first kappa shape index (κ1) is 16.5. The predicted octanol–water partition coefficient (Wildman–Crippen LogP) is 3.45. The minimum atomic E-state index is -1.12. The first-order valence-corrected chi connectivity index (χ1v) is 8.42. The molecule has 2 heterocycles. The number of nitrogens with one attached hydrogen (secondary N) is 1. The van der Waals surface area contributed by atoms with Crippen molar-refractivity contribution < 1.29 is 19.1 Å². The summed E-state index contributed by atoms with van der Waals surface area (Å²) in [6, 6.07) is 9.23. The van der Waals surface area contributed by atoms with Gasteiger partial charge in [-0.05, 0) is 31.4 Å². The van der Waals surface area contributed by atoms with Crippen LogP contribution in [0.4, 0.5) is 0 Å². The molecule has 0 aliphatic rings. The Hall–Kier alpha value is -2.31. The topological polar surface area (TPSA) is 71.7 Å². The van der Waals surface area contributed by atoms with Gasteiger partial charge in [-0.2, -0.15) is 0 Å². The molecule has 126 valence electrons. The highest BCUT2D eigenvalue weighted by Crippen LogP contribution is 2.32. The van der Waals surface area contributed by atoms with E-state index in [0.717, 1.165) is 15.8 Å². The lowest BCUT2D eigenvalue weighted by molar-refractivity contribution is 0.0548. The molecule has 1 unspecified atom stereocenters. The normalized spacial score (nSPS) is 13.7. The largest absolute Gasteiger partial charge is 0.493 e. The number of furan rings is 1. The van der Waals surface area contributed by atoms with Gasteiger partial charge in [0.1, 0.15) is 5.60 Å². The molecule has 2 aromatic heterocycles. The van der Waals surface area contributed by atoms with Gasteiger partial charge in [0.05, 0.1) is 13.7 Å². The van der Waals surface area contributed by atoms with Crippen molar-refractivity contribution in [1.29, 1.82) is 0 Å². The molecule has 5 nitrogen and oxygen atoms in total. The van der Waals surface area contributed by atoms with Crippen LogP contribution < -0.4 is 10.1 Å². The molecule has 0 fully saturated rings. The lowest BCUT2D eigenvalue weighted by atomic mass is 10.1. The van der Waals surface area contributed by atoms with Gasteiger partial charge in [-0.1, -0.05) is 18.2 Å². The van der Waals surface area contributed by atoms with E-state index in [0.29, 0.717) is 11.3 Å². The van der Waals surface area contributed by atoms with Gasteiger partial charge in [0.2, 0.25) is 0 Å². The summed E-state index contributed by atoms with van der Waals surface area (Å²) in [5.74, 6) is 0.458. The third kappa shape index (κ3) is 2.90. The first-order chi connectivity index (χ1) is 11.4. The molecule has 0 radical (unpaired) electrons. The monoisotopic (exact) mass is 345 g/mol. The maximum absolute atomic E-state index is 12.5. The highest BCUT2D eigenvalue weighted by Gasteiger charge is 2.27. The summed E-state index contributed by atoms with van der Waals surface area (Å²) in [5, 5.41) is 16.0. The van der Waals surface area contributed by atoms with Crippen LogP contribution in [0.15, 0.2) is 40.1 Å². The molecule has 2 N–H and O–H groups in total. The van der Waals surface area contributed by atoms with E-state index in [2.05, 4.69) is 5.32 Å². The first-order valence-electron chi connectivity index (χ1n) is 7.54. The molecule has 1 aromatic carbocycles. The molecule has 6 heteroatoms. The Balaban J connectivity index is 1.83. The number of ether oxygens (including phenoxy) is 1. The quantitative estimate of drug-likeness (QED) is 0.743. The van der Waals surface area contributed by atoms with Gasteiger partial charge in [0.15, 0.2) is 17.1 Å². The summed E-state index contributed by atoms with van der Waals surface area (Å²) in [4.78, 5) is 13.3. The van der Waals surface area contributed by atoms with Gasteiger partial charge in [0.25, 0.3) is 5.91 Å². The summed E-state index contributed by atoms with van der Waals surface area (Å²) in [7, 11) is 1.56. The lowest BCUT2D eigenvalue weighted by Crippen LogP contribution is -2.38. The Morgan fingerprint density at radius 2 is 2.17 bits per heavy atom. The third-order valence-electron chi connectivity index (χ3n) is 4.00. The van der Waals surface area contributed by atoms with Crippen molar-refractivity contribution in [2.75, 3.05) is 13.7 Å². The zero-order valence-electron chi connectivity index (χ0n) is 13.8. The zero-order valence-corrected chi connectivity index (χ0v) is 14.6. The molecule has 0 saturated carbocycles. The minimum absolute atomic E-state index is 0.0972. The third-order valence-corrected chi connectivity index (χ3v) is 5.12. The van der Waals surface area contributed by atoms with Crippen molar-refractivity contribution in [3.63, 3.8) is 0 Å². The van der Waals surface area contributed by atoms with Crippen molar-refractivity contribution in [2.24, 2.45) is 0 Å². The van der Waals surface area contributed by atoms with E-state index in [9.17, 15) is 9.90 Å². The second kappa shape index (κ2) is 6.30. The van der Waals surface area contributed by atoms with Crippen molar-refractivity contribution in [1.82, 2.24) is 5.32 Å². The molecule has 0 saturated heterocycles. The summed E-state index contributed by atoms with van der Waals surface area (Å²) in [5.41, 5.74) is 0.173. The fraction of sp³-hybridized carbons (Fsp3) is 0.278. The smallest absolute Gasteiger partial charge is 0.287 e. The number of thiophene rings is 1. The van der Waals surface area contributed by atoms with E-state index in [1.54, 1.807) is 20.1 Å². The van der Waals surface area contributed by atoms with Crippen molar-refractivity contribution in [3.05, 3.63) is 51.9 Å². The molecule has 24 heavy (non-hydrogen) atoms. The van der Waals surface area contributed by atoms with Crippen LogP contribution in [0.5, 0.6) is 5.75 Å². The van der Waals surface area contributed by atoms with Gasteiger partial charge in [-0.25, -0.2) is 0 Å². The number of hydrogen-bond acceptors (Lipinski definition) is 5. The Morgan fingerprint density at radius 3 is 2.83 bits per heavy atom. The fourth-order valence-corrected chi connectivity index (χ4v) is 3.39. The second-order valence-corrected chi connectivity index (χ2v) is 6.77. The number of aryl methyl sites for hydroxylation is 1. The van der Waals surface area contributed by atoms with Crippen molar-refractivity contribution in [3.8, 4) is 5.75 Å². The molecular weight excluding hydrogens is 326 g/mol. The highest BCUT2D eigenvalue weighted by molar-refractivity contribution is 7.10. The molecule has 1 amide bonds. The molecule has 0 aliphatic carbocycles. The molecule has 0 aliphatic heterocycles. The Bertz CT molecular complexity index is 865. The standard InChI is InChI=1S/C18H19NO4S/c1-11-12-6-4-7-13(22-3)16(12)23-15(11)17(20)19-10-18(2,21)14-8-5-9-24-14/h4-9,21H,10H2,1-3H3,(H,19,20). The Labute approximate surface area is 143 Å². The van der Waals surface area contributed by atoms with Crippen LogP contribution in [0, 0.1) is 6.92 Å². The SMILES string of the molecule is COc1cccc2c(C)c(C(=O)NCC(C)(O)c3cccs3)oc12. The summed E-state index contributed by atoms with van der Waals surface area (Å²) in [6.45, 7) is 3.60. The van der Waals surface area contributed by atoms with E-state index in [1.807, 2.05) is 36.6 Å². The highest BCUT2D eigenvalue weighted by atomic mass is 32.1. The van der Waals surface area contributed by atoms with E-state index >= 15 is 0 Å².